The van der Waals surface area contributed by atoms with Crippen molar-refractivity contribution in [3.8, 4) is 0 Å². The van der Waals surface area contributed by atoms with Crippen LogP contribution in [0.15, 0.2) is 24.3 Å². The maximum Gasteiger partial charge on any atom is 0.338 e. The third-order valence-electron chi connectivity index (χ3n) is 2.11. The van der Waals surface area contributed by atoms with E-state index in [2.05, 4.69) is 22.9 Å². The first kappa shape index (κ1) is 12.2. The molecule has 0 N–H and O–H groups in total. The number of rotatable bonds is 5. The number of benzene rings is 1. The van der Waals surface area contributed by atoms with Gasteiger partial charge < -0.3 is 4.74 Å². The number of carbonyl (C=O) groups excluding carboxylic acids is 1. The minimum Gasteiger partial charge on any atom is -0.462 e. The first-order chi connectivity index (χ1) is 7.29. The fourth-order valence-electron chi connectivity index (χ4n) is 1.22. The molecular formula is C12H15BrO2. The third-order valence-corrected chi connectivity index (χ3v) is 2.72. The predicted octanol–water partition coefficient (Wildman–Crippen LogP) is 3.54. The van der Waals surface area contributed by atoms with Crippen molar-refractivity contribution < 1.29 is 9.53 Å². The van der Waals surface area contributed by atoms with Crippen molar-refractivity contribution >= 4 is 21.9 Å². The molecule has 15 heavy (non-hydrogen) atoms. The van der Waals surface area contributed by atoms with Crippen molar-refractivity contribution in [2.24, 2.45) is 0 Å². The van der Waals surface area contributed by atoms with Crippen LogP contribution in [0, 0.1) is 0 Å². The standard InChI is InChI=1S/C12H15BrO2/c1-2-3-8-15-12(14)11-7-5-4-6-10(11)9-13/h4-7H,2-3,8-9H2,1H3. The molecule has 0 fully saturated rings. The van der Waals surface area contributed by atoms with Crippen molar-refractivity contribution in [3.63, 3.8) is 0 Å². The summed E-state index contributed by atoms with van der Waals surface area (Å²) in [6, 6.07) is 7.48. The van der Waals surface area contributed by atoms with E-state index in [1.165, 1.54) is 0 Å². The van der Waals surface area contributed by atoms with Crippen molar-refractivity contribution in [3.05, 3.63) is 35.4 Å². The zero-order valence-corrected chi connectivity index (χ0v) is 10.4. The highest BCUT2D eigenvalue weighted by Gasteiger charge is 2.10. The van der Waals surface area contributed by atoms with Crippen LogP contribution >= 0.6 is 15.9 Å². The van der Waals surface area contributed by atoms with Crippen LogP contribution in [0.4, 0.5) is 0 Å². The van der Waals surface area contributed by atoms with Gasteiger partial charge in [-0.1, -0.05) is 47.5 Å². The molecule has 0 spiro atoms. The second-order valence-electron chi connectivity index (χ2n) is 3.28. The summed E-state index contributed by atoms with van der Waals surface area (Å²) >= 11 is 3.35. The van der Waals surface area contributed by atoms with Gasteiger partial charge in [-0.15, -0.1) is 0 Å². The van der Waals surface area contributed by atoms with Gasteiger partial charge in [0.05, 0.1) is 12.2 Å². The zero-order chi connectivity index (χ0) is 11.1. The summed E-state index contributed by atoms with van der Waals surface area (Å²) < 4.78 is 5.15. The average molecular weight is 271 g/mol. The van der Waals surface area contributed by atoms with Crippen LogP contribution in [-0.4, -0.2) is 12.6 Å². The quantitative estimate of drug-likeness (QED) is 0.465. The molecule has 0 aliphatic rings. The van der Waals surface area contributed by atoms with Gasteiger partial charge in [0.2, 0.25) is 0 Å². The molecule has 0 saturated carbocycles. The van der Waals surface area contributed by atoms with Crippen molar-refractivity contribution in [1.82, 2.24) is 0 Å². The lowest BCUT2D eigenvalue weighted by atomic mass is 10.1. The lowest BCUT2D eigenvalue weighted by Crippen LogP contribution is -2.08. The van der Waals surface area contributed by atoms with E-state index in [1.807, 2.05) is 18.2 Å². The maximum atomic E-state index is 11.7. The Morgan fingerprint density at radius 1 is 1.40 bits per heavy atom. The molecule has 0 atom stereocenters. The summed E-state index contributed by atoms with van der Waals surface area (Å²) in [5.74, 6) is -0.224. The Bertz CT molecular complexity index is 323. The Morgan fingerprint density at radius 3 is 2.80 bits per heavy atom. The Labute approximate surface area is 98.8 Å². The molecular weight excluding hydrogens is 256 g/mol. The van der Waals surface area contributed by atoms with Gasteiger partial charge in [-0.3, -0.25) is 0 Å². The zero-order valence-electron chi connectivity index (χ0n) is 8.83. The fourth-order valence-corrected chi connectivity index (χ4v) is 1.71. The van der Waals surface area contributed by atoms with Crippen LogP contribution in [0.25, 0.3) is 0 Å². The van der Waals surface area contributed by atoms with Crippen molar-refractivity contribution in [2.75, 3.05) is 6.61 Å². The summed E-state index contributed by atoms with van der Waals surface area (Å²) in [4.78, 5) is 11.7. The van der Waals surface area contributed by atoms with Gasteiger partial charge in [-0.25, -0.2) is 4.79 Å². The number of halogens is 1. The van der Waals surface area contributed by atoms with Crippen LogP contribution < -0.4 is 0 Å². The predicted molar refractivity (Wildman–Crippen MR) is 64.3 cm³/mol. The van der Waals surface area contributed by atoms with E-state index in [-0.39, 0.29) is 5.97 Å². The molecule has 1 aromatic carbocycles. The smallest absolute Gasteiger partial charge is 0.338 e. The van der Waals surface area contributed by atoms with Crippen LogP contribution in [0.3, 0.4) is 0 Å². The number of unbranched alkanes of at least 4 members (excludes halogenated alkanes) is 1. The van der Waals surface area contributed by atoms with Gasteiger partial charge in [-0.05, 0) is 18.1 Å². The van der Waals surface area contributed by atoms with E-state index in [9.17, 15) is 4.79 Å². The van der Waals surface area contributed by atoms with Gasteiger partial charge in [0.25, 0.3) is 0 Å². The molecule has 3 heteroatoms. The first-order valence-corrected chi connectivity index (χ1v) is 6.22. The molecule has 0 unspecified atom stereocenters. The number of carbonyl (C=O) groups is 1. The number of hydrogen-bond donors (Lipinski definition) is 0. The lowest BCUT2D eigenvalue weighted by Gasteiger charge is -2.06. The second-order valence-corrected chi connectivity index (χ2v) is 3.84. The Hall–Kier alpha value is -0.830. The highest BCUT2D eigenvalue weighted by molar-refractivity contribution is 9.08. The molecule has 0 aliphatic heterocycles. The van der Waals surface area contributed by atoms with E-state index in [0.29, 0.717) is 17.5 Å². The van der Waals surface area contributed by atoms with Gasteiger partial charge >= 0.3 is 5.97 Å². The molecule has 82 valence electrons. The normalized spacial score (nSPS) is 10.0. The Morgan fingerprint density at radius 2 is 2.13 bits per heavy atom. The summed E-state index contributed by atoms with van der Waals surface area (Å²) in [5, 5.41) is 0.673. The Balaban J connectivity index is 2.64. The summed E-state index contributed by atoms with van der Waals surface area (Å²) in [7, 11) is 0. The Kier molecular flexibility index (Phi) is 5.40. The van der Waals surface area contributed by atoms with E-state index < -0.39 is 0 Å². The van der Waals surface area contributed by atoms with Crippen LogP contribution in [-0.2, 0) is 10.1 Å². The fraction of sp³-hybridized carbons (Fsp3) is 0.417. The van der Waals surface area contributed by atoms with Crippen LogP contribution in [0.1, 0.15) is 35.7 Å². The number of esters is 1. The van der Waals surface area contributed by atoms with Gasteiger partial charge in [-0.2, -0.15) is 0 Å². The molecule has 0 heterocycles. The summed E-state index contributed by atoms with van der Waals surface area (Å²) in [5.41, 5.74) is 1.63. The van der Waals surface area contributed by atoms with E-state index in [1.54, 1.807) is 6.07 Å². The maximum absolute atomic E-state index is 11.7. The van der Waals surface area contributed by atoms with Crippen molar-refractivity contribution in [1.29, 1.82) is 0 Å². The highest BCUT2D eigenvalue weighted by Crippen LogP contribution is 2.13. The largest absolute Gasteiger partial charge is 0.462 e. The monoisotopic (exact) mass is 270 g/mol. The number of alkyl halides is 1. The van der Waals surface area contributed by atoms with Gasteiger partial charge in [0.1, 0.15) is 0 Å². The van der Waals surface area contributed by atoms with E-state index >= 15 is 0 Å². The molecule has 0 amide bonds. The molecule has 0 aromatic heterocycles. The lowest BCUT2D eigenvalue weighted by molar-refractivity contribution is 0.0499. The minimum atomic E-state index is -0.224. The highest BCUT2D eigenvalue weighted by atomic mass is 79.9. The number of ether oxygens (including phenoxy) is 1. The molecule has 0 aliphatic carbocycles. The van der Waals surface area contributed by atoms with Gasteiger partial charge in [0.15, 0.2) is 0 Å². The topological polar surface area (TPSA) is 26.3 Å². The molecule has 0 radical (unpaired) electrons. The van der Waals surface area contributed by atoms with E-state index in [4.69, 9.17) is 4.74 Å². The van der Waals surface area contributed by atoms with Crippen molar-refractivity contribution in [2.45, 2.75) is 25.1 Å². The van der Waals surface area contributed by atoms with Gasteiger partial charge in [0, 0.05) is 5.33 Å². The molecule has 2 nitrogen and oxygen atoms in total. The number of hydrogen-bond acceptors (Lipinski definition) is 2. The first-order valence-electron chi connectivity index (χ1n) is 5.10. The summed E-state index contributed by atoms with van der Waals surface area (Å²) in [6.07, 6.45) is 1.95. The molecule has 1 rings (SSSR count). The minimum absolute atomic E-state index is 0.224. The van der Waals surface area contributed by atoms with E-state index in [0.717, 1.165) is 18.4 Å². The van der Waals surface area contributed by atoms with Crippen LogP contribution in [0.2, 0.25) is 0 Å². The molecule has 0 bridgehead atoms. The summed E-state index contributed by atoms with van der Waals surface area (Å²) in [6.45, 7) is 2.58. The van der Waals surface area contributed by atoms with Crippen LogP contribution in [0.5, 0.6) is 0 Å². The molecule has 0 saturated heterocycles. The molecule has 1 aromatic rings. The second kappa shape index (κ2) is 6.62. The third kappa shape index (κ3) is 3.67. The average Bonchev–Trinajstić information content (AvgIpc) is 2.29. The SMILES string of the molecule is CCCCOC(=O)c1ccccc1CBr.